The SMILES string of the molecule is CCOC(=O)c1ccc(-c2ccc(/C=C3/C(=O)N(CCc4ccc(OC)c(OC)c4)C(=O)C(C#N)=C3C)o2)cc1. The molecule has 0 spiro atoms. The lowest BCUT2D eigenvalue weighted by Gasteiger charge is -2.27. The van der Waals surface area contributed by atoms with Crippen molar-refractivity contribution in [1.29, 1.82) is 5.26 Å². The van der Waals surface area contributed by atoms with Crippen LogP contribution in [0.5, 0.6) is 11.5 Å². The molecule has 3 aromatic rings. The van der Waals surface area contributed by atoms with Crippen LogP contribution < -0.4 is 9.47 Å². The number of benzene rings is 2. The van der Waals surface area contributed by atoms with Crippen molar-refractivity contribution < 1.29 is 33.0 Å². The Morgan fingerprint density at radius 1 is 1.00 bits per heavy atom. The van der Waals surface area contributed by atoms with Crippen LogP contribution in [0.4, 0.5) is 0 Å². The molecular weight excluding hydrogens is 512 g/mol. The van der Waals surface area contributed by atoms with Gasteiger partial charge in [0.25, 0.3) is 11.8 Å². The van der Waals surface area contributed by atoms with Crippen molar-refractivity contribution >= 4 is 23.9 Å². The van der Waals surface area contributed by atoms with Crippen LogP contribution >= 0.6 is 0 Å². The summed E-state index contributed by atoms with van der Waals surface area (Å²) in [4.78, 5) is 39.5. The van der Waals surface area contributed by atoms with Crippen molar-refractivity contribution in [1.82, 2.24) is 4.90 Å². The smallest absolute Gasteiger partial charge is 0.338 e. The van der Waals surface area contributed by atoms with E-state index in [9.17, 15) is 19.6 Å². The quantitative estimate of drug-likeness (QED) is 0.212. The topological polar surface area (TPSA) is 119 Å². The molecule has 1 aromatic heterocycles. The fourth-order valence-corrected chi connectivity index (χ4v) is 4.32. The van der Waals surface area contributed by atoms with E-state index < -0.39 is 17.8 Å². The van der Waals surface area contributed by atoms with Crippen LogP contribution in [-0.2, 0) is 20.7 Å². The number of carbonyl (C=O) groups is 3. The second kappa shape index (κ2) is 12.2. The number of nitrogens with zero attached hydrogens (tertiary/aromatic N) is 2. The minimum absolute atomic E-state index is 0.0686. The van der Waals surface area contributed by atoms with E-state index >= 15 is 0 Å². The third-order valence-electron chi connectivity index (χ3n) is 6.49. The van der Waals surface area contributed by atoms with Crippen molar-refractivity contribution in [2.24, 2.45) is 0 Å². The summed E-state index contributed by atoms with van der Waals surface area (Å²) in [5.74, 6) is 0.445. The fourth-order valence-electron chi connectivity index (χ4n) is 4.32. The van der Waals surface area contributed by atoms with Gasteiger partial charge in [0, 0.05) is 17.7 Å². The second-order valence-electron chi connectivity index (χ2n) is 8.87. The summed E-state index contributed by atoms with van der Waals surface area (Å²) in [5, 5.41) is 9.70. The van der Waals surface area contributed by atoms with Gasteiger partial charge in [0.2, 0.25) is 0 Å². The van der Waals surface area contributed by atoms with Crippen molar-refractivity contribution in [3.63, 3.8) is 0 Å². The van der Waals surface area contributed by atoms with Crippen molar-refractivity contribution in [2.75, 3.05) is 27.4 Å². The van der Waals surface area contributed by atoms with Gasteiger partial charge < -0.3 is 18.6 Å². The van der Waals surface area contributed by atoms with Crippen LogP contribution in [-0.4, -0.2) is 50.1 Å². The first-order chi connectivity index (χ1) is 19.3. The number of carbonyl (C=O) groups excluding carboxylic acids is 3. The summed E-state index contributed by atoms with van der Waals surface area (Å²) in [5.41, 5.74) is 2.37. The van der Waals surface area contributed by atoms with E-state index in [4.69, 9.17) is 18.6 Å². The van der Waals surface area contributed by atoms with Gasteiger partial charge in [0.15, 0.2) is 11.5 Å². The molecule has 0 unspecified atom stereocenters. The fraction of sp³-hybridized carbons (Fsp3) is 0.226. The van der Waals surface area contributed by atoms with Crippen LogP contribution in [0.15, 0.2) is 75.7 Å². The highest BCUT2D eigenvalue weighted by atomic mass is 16.5. The molecule has 204 valence electrons. The third kappa shape index (κ3) is 5.66. The van der Waals surface area contributed by atoms with Crippen LogP contribution in [0.1, 0.15) is 35.5 Å². The highest BCUT2D eigenvalue weighted by molar-refractivity contribution is 6.19. The molecule has 0 fully saturated rings. The molecule has 0 bridgehead atoms. The molecule has 40 heavy (non-hydrogen) atoms. The number of imide groups is 1. The summed E-state index contributed by atoms with van der Waals surface area (Å²) in [6, 6.07) is 17.5. The molecule has 2 aromatic carbocycles. The summed E-state index contributed by atoms with van der Waals surface area (Å²) in [6.07, 6.45) is 1.89. The molecule has 9 nitrogen and oxygen atoms in total. The highest BCUT2D eigenvalue weighted by Gasteiger charge is 2.35. The zero-order chi connectivity index (χ0) is 28.8. The predicted molar refractivity (Wildman–Crippen MR) is 146 cm³/mol. The number of rotatable bonds is 9. The zero-order valence-corrected chi connectivity index (χ0v) is 22.6. The number of esters is 1. The van der Waals surface area contributed by atoms with E-state index in [0.29, 0.717) is 35.0 Å². The molecule has 0 atom stereocenters. The lowest BCUT2D eigenvalue weighted by Crippen LogP contribution is -2.43. The van der Waals surface area contributed by atoms with Gasteiger partial charge in [-0.3, -0.25) is 14.5 Å². The summed E-state index contributed by atoms with van der Waals surface area (Å²) >= 11 is 0. The monoisotopic (exact) mass is 540 g/mol. The summed E-state index contributed by atoms with van der Waals surface area (Å²) < 4.78 is 21.6. The molecule has 0 saturated heterocycles. The molecule has 0 aliphatic carbocycles. The van der Waals surface area contributed by atoms with Gasteiger partial charge in [-0.1, -0.05) is 18.2 Å². The van der Waals surface area contributed by atoms with Gasteiger partial charge in [0.1, 0.15) is 23.2 Å². The van der Waals surface area contributed by atoms with Crippen LogP contribution in [0.3, 0.4) is 0 Å². The van der Waals surface area contributed by atoms with Crippen LogP contribution in [0, 0.1) is 11.3 Å². The first-order valence-corrected chi connectivity index (χ1v) is 12.6. The minimum atomic E-state index is -0.635. The number of hydrogen-bond acceptors (Lipinski definition) is 8. The standard InChI is InChI=1S/C31H28N2O7/c1-5-39-31(36)22-9-7-21(8-10-22)26-13-11-23(40-26)17-24-19(2)25(18-32)30(35)33(29(24)34)15-14-20-6-12-27(37-3)28(16-20)38-4/h6-13,16-17H,5,14-15H2,1-4H3/b24-17+. The van der Waals surface area contributed by atoms with Crippen LogP contribution in [0.2, 0.25) is 0 Å². The maximum Gasteiger partial charge on any atom is 0.338 e. The predicted octanol–water partition coefficient (Wildman–Crippen LogP) is 4.98. The van der Waals surface area contributed by atoms with Gasteiger partial charge in [-0.25, -0.2) is 4.79 Å². The Balaban J connectivity index is 1.58. The average Bonchev–Trinajstić information content (AvgIpc) is 3.44. The zero-order valence-electron chi connectivity index (χ0n) is 22.6. The Morgan fingerprint density at radius 2 is 1.73 bits per heavy atom. The average molecular weight is 541 g/mol. The lowest BCUT2D eigenvalue weighted by atomic mass is 9.94. The molecule has 1 aliphatic rings. The van der Waals surface area contributed by atoms with E-state index in [-0.39, 0.29) is 29.9 Å². The Hall–Kier alpha value is -5.10. The maximum atomic E-state index is 13.5. The Morgan fingerprint density at radius 3 is 2.38 bits per heavy atom. The number of nitriles is 1. The lowest BCUT2D eigenvalue weighted by molar-refractivity contribution is -0.140. The molecule has 9 heteroatoms. The number of amides is 2. The van der Waals surface area contributed by atoms with Gasteiger partial charge in [0.05, 0.1) is 26.4 Å². The van der Waals surface area contributed by atoms with Gasteiger partial charge in [-0.05, 0) is 73.9 Å². The molecule has 0 radical (unpaired) electrons. The number of methoxy groups -OCH3 is 2. The Bertz CT molecular complexity index is 1550. The van der Waals surface area contributed by atoms with Gasteiger partial charge in [-0.2, -0.15) is 5.26 Å². The van der Waals surface area contributed by atoms with E-state index in [1.807, 2.05) is 12.1 Å². The number of hydrogen-bond donors (Lipinski definition) is 0. The number of ether oxygens (including phenoxy) is 3. The first kappa shape index (κ1) is 27.9. The van der Waals surface area contributed by atoms with E-state index in [0.717, 1.165) is 16.0 Å². The third-order valence-corrected chi connectivity index (χ3v) is 6.49. The number of furan rings is 1. The Labute approximate surface area is 231 Å². The van der Waals surface area contributed by atoms with Gasteiger partial charge >= 0.3 is 5.97 Å². The largest absolute Gasteiger partial charge is 0.493 e. The van der Waals surface area contributed by atoms with E-state index in [1.54, 1.807) is 69.5 Å². The summed E-state index contributed by atoms with van der Waals surface area (Å²) in [6.45, 7) is 3.67. The van der Waals surface area contributed by atoms with E-state index in [1.165, 1.54) is 13.2 Å². The molecule has 4 rings (SSSR count). The van der Waals surface area contributed by atoms with Crippen LogP contribution in [0.25, 0.3) is 17.4 Å². The maximum absolute atomic E-state index is 13.5. The minimum Gasteiger partial charge on any atom is -0.493 e. The molecule has 0 saturated carbocycles. The van der Waals surface area contributed by atoms with Crippen molar-refractivity contribution in [2.45, 2.75) is 20.3 Å². The van der Waals surface area contributed by atoms with Crippen molar-refractivity contribution in [3.05, 3.63) is 88.2 Å². The molecular formula is C31H28N2O7. The normalized spacial score (nSPS) is 14.4. The second-order valence-corrected chi connectivity index (χ2v) is 8.87. The molecule has 1 aliphatic heterocycles. The first-order valence-electron chi connectivity index (χ1n) is 12.6. The molecule has 0 N–H and O–H groups in total. The Kier molecular flexibility index (Phi) is 8.50. The van der Waals surface area contributed by atoms with Gasteiger partial charge in [-0.15, -0.1) is 0 Å². The van der Waals surface area contributed by atoms with E-state index in [2.05, 4.69) is 0 Å². The van der Waals surface area contributed by atoms with Crippen molar-refractivity contribution in [3.8, 4) is 28.9 Å². The highest BCUT2D eigenvalue weighted by Crippen LogP contribution is 2.31. The summed E-state index contributed by atoms with van der Waals surface area (Å²) in [7, 11) is 3.07. The molecule has 2 amide bonds. The molecule has 2 heterocycles.